The van der Waals surface area contributed by atoms with Gasteiger partial charge >= 0.3 is 5.97 Å². The minimum absolute atomic E-state index is 0.112. The normalized spacial score (nSPS) is 11.8. The number of methoxy groups -OCH3 is 2. The lowest BCUT2D eigenvalue weighted by Crippen LogP contribution is -2.07. The third-order valence-corrected chi connectivity index (χ3v) is 3.17. The molecule has 1 N–H and O–H groups in total. The van der Waals surface area contributed by atoms with Gasteiger partial charge in [0.15, 0.2) is 0 Å². The third-order valence-electron chi connectivity index (χ3n) is 3.17. The van der Waals surface area contributed by atoms with Gasteiger partial charge in [-0.25, -0.2) is 4.79 Å². The first-order valence-electron chi connectivity index (χ1n) is 6.64. The number of nitrogens with one attached hydrogen (secondary N) is 1. The fourth-order valence-corrected chi connectivity index (χ4v) is 2.03. The lowest BCUT2D eigenvalue weighted by atomic mass is 10.1. The number of hydrogen-bond acceptors (Lipinski definition) is 5. The number of esters is 1. The second kappa shape index (κ2) is 6.35. The Morgan fingerprint density at radius 1 is 1.24 bits per heavy atom. The fourth-order valence-electron chi connectivity index (χ4n) is 2.03. The van der Waals surface area contributed by atoms with Crippen LogP contribution in [0.1, 0.15) is 34.8 Å². The molecule has 0 fully saturated rings. The predicted octanol–water partition coefficient (Wildman–Crippen LogP) is 3.56. The predicted molar refractivity (Wildman–Crippen MR) is 79.8 cm³/mol. The van der Waals surface area contributed by atoms with E-state index < -0.39 is 5.97 Å². The van der Waals surface area contributed by atoms with Gasteiger partial charge in [0.25, 0.3) is 0 Å². The van der Waals surface area contributed by atoms with E-state index in [1.54, 1.807) is 19.2 Å². The standard InChI is InChI=1S/C16H19NO4/c1-10-5-6-14(19-3)12(9-10)17-11(2)13-7-8-15(21-13)16(18)20-4/h5-9,11,17H,1-4H3. The van der Waals surface area contributed by atoms with Crippen LogP contribution in [-0.4, -0.2) is 20.2 Å². The van der Waals surface area contributed by atoms with Crippen molar-refractivity contribution in [1.82, 2.24) is 0 Å². The molecular formula is C16H19NO4. The van der Waals surface area contributed by atoms with Gasteiger partial charge in [-0.05, 0) is 43.7 Å². The van der Waals surface area contributed by atoms with Gasteiger partial charge in [0, 0.05) is 0 Å². The lowest BCUT2D eigenvalue weighted by Gasteiger charge is -2.16. The smallest absolute Gasteiger partial charge is 0.373 e. The molecule has 0 aliphatic heterocycles. The maximum Gasteiger partial charge on any atom is 0.373 e. The van der Waals surface area contributed by atoms with Crippen LogP contribution in [0.2, 0.25) is 0 Å². The van der Waals surface area contributed by atoms with E-state index in [4.69, 9.17) is 9.15 Å². The van der Waals surface area contributed by atoms with Crippen molar-refractivity contribution in [3.8, 4) is 5.75 Å². The molecule has 1 unspecified atom stereocenters. The molecule has 1 atom stereocenters. The number of aryl methyl sites for hydroxylation is 1. The number of carbonyl (C=O) groups excluding carboxylic acids is 1. The van der Waals surface area contributed by atoms with Crippen molar-refractivity contribution in [2.45, 2.75) is 19.9 Å². The average Bonchev–Trinajstić information content (AvgIpc) is 2.96. The molecule has 1 heterocycles. The van der Waals surface area contributed by atoms with Gasteiger partial charge in [-0.15, -0.1) is 0 Å². The van der Waals surface area contributed by atoms with Crippen LogP contribution in [0.4, 0.5) is 5.69 Å². The summed E-state index contributed by atoms with van der Waals surface area (Å²) in [6, 6.07) is 9.14. The first kappa shape index (κ1) is 15.0. The highest BCUT2D eigenvalue weighted by atomic mass is 16.5. The number of furan rings is 1. The Labute approximate surface area is 123 Å². The van der Waals surface area contributed by atoms with Gasteiger partial charge in [0.05, 0.1) is 25.9 Å². The molecule has 0 saturated carbocycles. The van der Waals surface area contributed by atoms with Gasteiger partial charge in [-0.2, -0.15) is 0 Å². The first-order chi connectivity index (χ1) is 10.0. The topological polar surface area (TPSA) is 60.7 Å². The Hall–Kier alpha value is -2.43. The zero-order valence-corrected chi connectivity index (χ0v) is 12.6. The second-order valence-electron chi connectivity index (χ2n) is 4.76. The summed E-state index contributed by atoms with van der Waals surface area (Å²) in [6.07, 6.45) is 0. The van der Waals surface area contributed by atoms with Crippen LogP contribution in [0.3, 0.4) is 0 Å². The van der Waals surface area contributed by atoms with E-state index >= 15 is 0 Å². The monoisotopic (exact) mass is 289 g/mol. The molecule has 5 heteroatoms. The van der Waals surface area contributed by atoms with Crippen LogP contribution < -0.4 is 10.1 Å². The maximum atomic E-state index is 11.4. The Bertz CT molecular complexity index is 633. The molecule has 21 heavy (non-hydrogen) atoms. The van der Waals surface area contributed by atoms with E-state index in [0.29, 0.717) is 5.76 Å². The van der Waals surface area contributed by atoms with Crippen LogP contribution >= 0.6 is 0 Å². The molecule has 0 spiro atoms. The molecule has 0 amide bonds. The summed E-state index contributed by atoms with van der Waals surface area (Å²) < 4.78 is 15.5. The molecule has 1 aromatic heterocycles. The zero-order valence-electron chi connectivity index (χ0n) is 12.6. The lowest BCUT2D eigenvalue weighted by molar-refractivity contribution is 0.0562. The summed E-state index contributed by atoms with van der Waals surface area (Å²) in [4.78, 5) is 11.4. The first-order valence-corrected chi connectivity index (χ1v) is 6.64. The molecule has 0 bridgehead atoms. The molecular weight excluding hydrogens is 270 g/mol. The van der Waals surface area contributed by atoms with E-state index in [0.717, 1.165) is 17.0 Å². The summed E-state index contributed by atoms with van der Waals surface area (Å²) in [5.74, 6) is 1.12. The summed E-state index contributed by atoms with van der Waals surface area (Å²) >= 11 is 0. The Balaban J connectivity index is 2.18. The zero-order chi connectivity index (χ0) is 15.4. The third kappa shape index (κ3) is 3.37. The molecule has 0 radical (unpaired) electrons. The van der Waals surface area contributed by atoms with Gasteiger partial charge in [-0.3, -0.25) is 0 Å². The molecule has 5 nitrogen and oxygen atoms in total. The highest BCUT2D eigenvalue weighted by molar-refractivity contribution is 5.86. The SMILES string of the molecule is COC(=O)c1ccc(C(C)Nc2cc(C)ccc2OC)o1. The minimum Gasteiger partial charge on any atom is -0.495 e. The van der Waals surface area contributed by atoms with Crippen LogP contribution in [0, 0.1) is 6.92 Å². The second-order valence-corrected chi connectivity index (χ2v) is 4.76. The van der Waals surface area contributed by atoms with E-state index in [2.05, 4.69) is 10.1 Å². The highest BCUT2D eigenvalue weighted by Crippen LogP contribution is 2.29. The molecule has 1 aromatic carbocycles. The molecule has 0 saturated heterocycles. The maximum absolute atomic E-state index is 11.4. The van der Waals surface area contributed by atoms with E-state index in [9.17, 15) is 4.79 Å². The highest BCUT2D eigenvalue weighted by Gasteiger charge is 2.16. The van der Waals surface area contributed by atoms with Crippen molar-refractivity contribution in [2.24, 2.45) is 0 Å². The van der Waals surface area contributed by atoms with Gasteiger partial charge < -0.3 is 19.2 Å². The van der Waals surface area contributed by atoms with Crippen LogP contribution in [0.15, 0.2) is 34.7 Å². The van der Waals surface area contributed by atoms with Crippen molar-refractivity contribution < 1.29 is 18.7 Å². The van der Waals surface area contributed by atoms with Crippen molar-refractivity contribution in [3.05, 3.63) is 47.4 Å². The summed E-state index contributed by atoms with van der Waals surface area (Å²) in [5, 5.41) is 3.32. The van der Waals surface area contributed by atoms with E-state index in [1.807, 2.05) is 32.0 Å². The van der Waals surface area contributed by atoms with Crippen molar-refractivity contribution in [3.63, 3.8) is 0 Å². The Morgan fingerprint density at radius 2 is 2.00 bits per heavy atom. The van der Waals surface area contributed by atoms with Crippen LogP contribution in [0.25, 0.3) is 0 Å². The number of benzene rings is 1. The molecule has 2 aromatic rings. The number of anilines is 1. The summed E-state index contributed by atoms with van der Waals surface area (Å²) in [5.41, 5.74) is 2.00. The number of hydrogen-bond donors (Lipinski definition) is 1. The van der Waals surface area contributed by atoms with Gasteiger partial charge in [-0.1, -0.05) is 6.07 Å². The Morgan fingerprint density at radius 3 is 2.67 bits per heavy atom. The van der Waals surface area contributed by atoms with Crippen molar-refractivity contribution in [1.29, 1.82) is 0 Å². The number of ether oxygens (including phenoxy) is 2. The quantitative estimate of drug-likeness (QED) is 0.853. The van der Waals surface area contributed by atoms with E-state index in [1.165, 1.54) is 7.11 Å². The molecule has 0 aliphatic rings. The molecule has 0 aliphatic carbocycles. The fraction of sp³-hybridized carbons (Fsp3) is 0.312. The van der Waals surface area contributed by atoms with Crippen LogP contribution in [-0.2, 0) is 4.74 Å². The minimum atomic E-state index is -0.485. The van der Waals surface area contributed by atoms with E-state index in [-0.39, 0.29) is 11.8 Å². The number of rotatable bonds is 5. The van der Waals surface area contributed by atoms with Crippen LogP contribution in [0.5, 0.6) is 5.75 Å². The average molecular weight is 289 g/mol. The summed E-state index contributed by atoms with van der Waals surface area (Å²) in [7, 11) is 2.95. The largest absolute Gasteiger partial charge is 0.495 e. The van der Waals surface area contributed by atoms with Gasteiger partial charge in [0.1, 0.15) is 11.5 Å². The van der Waals surface area contributed by atoms with Crippen molar-refractivity contribution in [2.75, 3.05) is 19.5 Å². The number of carbonyl (C=O) groups is 1. The van der Waals surface area contributed by atoms with Crippen molar-refractivity contribution >= 4 is 11.7 Å². The van der Waals surface area contributed by atoms with Gasteiger partial charge in [0.2, 0.25) is 5.76 Å². The summed E-state index contributed by atoms with van der Waals surface area (Å²) in [6.45, 7) is 3.96. The Kier molecular flexibility index (Phi) is 4.52. The molecule has 112 valence electrons. The molecule has 2 rings (SSSR count).